The van der Waals surface area contributed by atoms with Crippen molar-refractivity contribution >= 4 is 5.91 Å². The number of carbonyl (C=O) groups is 1. The molecule has 0 aliphatic carbocycles. The Hall–Kier alpha value is -1.04. The quantitative estimate of drug-likeness (QED) is 0.792. The Morgan fingerprint density at radius 2 is 2.10 bits per heavy atom. The van der Waals surface area contributed by atoms with Crippen LogP contribution in [0, 0.1) is 11.8 Å². The Kier molecular flexibility index (Phi) is 6.05. The Morgan fingerprint density at radius 3 is 2.50 bits per heavy atom. The van der Waals surface area contributed by atoms with Gasteiger partial charge in [-0.25, -0.2) is 0 Å². The van der Waals surface area contributed by atoms with Gasteiger partial charge in [0.2, 0.25) is 5.91 Å². The topological polar surface area (TPSA) is 46.3 Å². The van der Waals surface area contributed by atoms with Crippen LogP contribution in [0.25, 0.3) is 0 Å². The molecule has 1 amide bonds. The molecule has 1 aliphatic heterocycles. The minimum atomic E-state index is -4.27. The molecule has 0 aromatic heterocycles. The number of hydrogen-bond donors (Lipinski definition) is 1. The van der Waals surface area contributed by atoms with E-state index in [4.69, 9.17) is 5.73 Å². The molecule has 0 saturated heterocycles. The molecule has 3 nitrogen and oxygen atoms in total. The van der Waals surface area contributed by atoms with E-state index in [0.717, 1.165) is 12.5 Å². The fourth-order valence-electron chi connectivity index (χ4n) is 2.46. The third-order valence-corrected chi connectivity index (χ3v) is 3.53. The lowest BCUT2D eigenvalue weighted by molar-refractivity contribution is -0.133. The summed E-state index contributed by atoms with van der Waals surface area (Å²) in [4.78, 5) is 13.5. The fraction of sp³-hybridized carbons (Fsp3) is 0.786. The summed E-state index contributed by atoms with van der Waals surface area (Å²) in [6.45, 7) is 4.75. The molecule has 1 heterocycles. The Morgan fingerprint density at radius 1 is 1.45 bits per heavy atom. The van der Waals surface area contributed by atoms with E-state index in [2.05, 4.69) is 13.8 Å². The van der Waals surface area contributed by atoms with Gasteiger partial charge in [-0.2, -0.15) is 13.2 Å². The molecule has 1 unspecified atom stereocenters. The average molecular weight is 292 g/mol. The Labute approximate surface area is 118 Å². The molecule has 1 rings (SSSR count). The van der Waals surface area contributed by atoms with Crippen molar-refractivity contribution in [2.45, 2.75) is 39.3 Å². The molecule has 0 bridgehead atoms. The first kappa shape index (κ1) is 17.0. The van der Waals surface area contributed by atoms with Gasteiger partial charge in [0.15, 0.2) is 0 Å². The number of carbonyl (C=O) groups excluding carboxylic acids is 1. The van der Waals surface area contributed by atoms with Gasteiger partial charge in [0.1, 0.15) is 0 Å². The van der Waals surface area contributed by atoms with Crippen LogP contribution in [0.5, 0.6) is 0 Å². The van der Waals surface area contributed by atoms with Gasteiger partial charge in [0, 0.05) is 25.1 Å². The lowest BCUT2D eigenvalue weighted by Crippen LogP contribution is -2.38. The van der Waals surface area contributed by atoms with Gasteiger partial charge in [0.25, 0.3) is 0 Å². The zero-order chi connectivity index (χ0) is 15.3. The highest BCUT2D eigenvalue weighted by Crippen LogP contribution is 2.30. The number of rotatable bonds is 5. The van der Waals surface area contributed by atoms with E-state index in [1.165, 1.54) is 4.90 Å². The third kappa shape index (κ3) is 5.15. The standard InChI is InChI=1S/C14H23F3N2O/c1-10(2)7-11(9-18)8-13(20)19-5-3-12(4-6-19)14(15,16)17/h3,10-11H,4-9,18H2,1-2H3. The van der Waals surface area contributed by atoms with Crippen LogP contribution in [-0.2, 0) is 4.79 Å². The van der Waals surface area contributed by atoms with Crippen LogP contribution in [0.2, 0.25) is 0 Å². The van der Waals surface area contributed by atoms with Gasteiger partial charge in [-0.15, -0.1) is 0 Å². The molecule has 0 aromatic carbocycles. The second-order valence-corrected chi connectivity index (χ2v) is 5.75. The van der Waals surface area contributed by atoms with Gasteiger partial charge < -0.3 is 10.6 Å². The van der Waals surface area contributed by atoms with E-state index in [9.17, 15) is 18.0 Å². The summed E-state index contributed by atoms with van der Waals surface area (Å²) in [6.07, 6.45) is -2.09. The normalized spacial score (nSPS) is 18.1. The SMILES string of the molecule is CC(C)CC(CN)CC(=O)N1CC=C(C(F)(F)F)CC1. The first-order valence-electron chi connectivity index (χ1n) is 6.98. The van der Waals surface area contributed by atoms with E-state index in [-0.39, 0.29) is 31.3 Å². The Balaban J connectivity index is 2.52. The maximum absolute atomic E-state index is 12.5. The van der Waals surface area contributed by atoms with Crippen LogP contribution in [-0.4, -0.2) is 36.6 Å². The van der Waals surface area contributed by atoms with E-state index < -0.39 is 11.7 Å². The van der Waals surface area contributed by atoms with E-state index in [1.807, 2.05) is 0 Å². The highest BCUT2D eigenvalue weighted by Gasteiger charge is 2.35. The van der Waals surface area contributed by atoms with Crippen molar-refractivity contribution in [3.8, 4) is 0 Å². The van der Waals surface area contributed by atoms with Gasteiger partial charge in [-0.1, -0.05) is 19.9 Å². The number of nitrogens with two attached hydrogens (primary N) is 1. The second-order valence-electron chi connectivity index (χ2n) is 5.75. The number of nitrogens with zero attached hydrogens (tertiary/aromatic N) is 1. The van der Waals surface area contributed by atoms with Crippen LogP contribution in [0.3, 0.4) is 0 Å². The Bertz CT molecular complexity index is 364. The minimum absolute atomic E-state index is 0.0483. The molecule has 116 valence electrons. The number of halogens is 3. The van der Waals surface area contributed by atoms with Gasteiger partial charge >= 0.3 is 6.18 Å². The summed E-state index contributed by atoms with van der Waals surface area (Å²) in [6, 6.07) is 0. The zero-order valence-electron chi connectivity index (χ0n) is 12.0. The zero-order valence-corrected chi connectivity index (χ0v) is 12.0. The van der Waals surface area contributed by atoms with E-state index in [0.29, 0.717) is 18.9 Å². The average Bonchev–Trinajstić information content (AvgIpc) is 2.36. The van der Waals surface area contributed by atoms with Gasteiger partial charge in [0.05, 0.1) is 0 Å². The largest absolute Gasteiger partial charge is 0.412 e. The number of alkyl halides is 3. The summed E-state index contributed by atoms with van der Waals surface area (Å²) in [5, 5.41) is 0. The predicted octanol–water partition coefficient (Wildman–Crippen LogP) is 2.72. The molecule has 0 radical (unpaired) electrons. The van der Waals surface area contributed by atoms with Crippen molar-refractivity contribution in [2.24, 2.45) is 17.6 Å². The van der Waals surface area contributed by atoms with E-state index >= 15 is 0 Å². The molecule has 6 heteroatoms. The number of amides is 1. The maximum Gasteiger partial charge on any atom is 0.412 e. The summed E-state index contributed by atoms with van der Waals surface area (Å²) in [7, 11) is 0. The first-order valence-corrected chi connectivity index (χ1v) is 6.98. The monoisotopic (exact) mass is 292 g/mol. The van der Waals surface area contributed by atoms with Crippen molar-refractivity contribution in [1.29, 1.82) is 0 Å². The van der Waals surface area contributed by atoms with Gasteiger partial charge in [-0.05, 0) is 31.2 Å². The highest BCUT2D eigenvalue weighted by molar-refractivity contribution is 5.76. The van der Waals surface area contributed by atoms with Crippen LogP contribution >= 0.6 is 0 Å². The smallest absolute Gasteiger partial charge is 0.339 e. The van der Waals surface area contributed by atoms with E-state index in [1.54, 1.807) is 0 Å². The third-order valence-electron chi connectivity index (χ3n) is 3.53. The molecular formula is C14H23F3N2O. The lowest BCUT2D eigenvalue weighted by atomic mass is 9.93. The van der Waals surface area contributed by atoms with Crippen molar-refractivity contribution in [3.05, 3.63) is 11.6 Å². The maximum atomic E-state index is 12.5. The molecule has 1 aliphatic rings. The highest BCUT2D eigenvalue weighted by atomic mass is 19.4. The van der Waals surface area contributed by atoms with Crippen molar-refractivity contribution in [3.63, 3.8) is 0 Å². The summed E-state index contributed by atoms with van der Waals surface area (Å²) in [5.74, 6) is 0.462. The summed E-state index contributed by atoms with van der Waals surface area (Å²) >= 11 is 0. The molecule has 0 spiro atoms. The van der Waals surface area contributed by atoms with Crippen LogP contribution in [0.4, 0.5) is 13.2 Å². The summed E-state index contributed by atoms with van der Waals surface area (Å²) < 4.78 is 37.5. The van der Waals surface area contributed by atoms with Crippen LogP contribution in [0.1, 0.15) is 33.1 Å². The molecule has 1 atom stereocenters. The van der Waals surface area contributed by atoms with Gasteiger partial charge in [-0.3, -0.25) is 4.79 Å². The molecule has 20 heavy (non-hydrogen) atoms. The molecule has 2 N–H and O–H groups in total. The number of hydrogen-bond acceptors (Lipinski definition) is 2. The molecule has 0 fully saturated rings. The van der Waals surface area contributed by atoms with Crippen molar-refractivity contribution in [1.82, 2.24) is 4.90 Å². The second kappa shape index (κ2) is 7.11. The van der Waals surface area contributed by atoms with Crippen LogP contribution in [0.15, 0.2) is 11.6 Å². The van der Waals surface area contributed by atoms with Crippen molar-refractivity contribution in [2.75, 3.05) is 19.6 Å². The van der Waals surface area contributed by atoms with Crippen molar-refractivity contribution < 1.29 is 18.0 Å². The fourth-order valence-corrected chi connectivity index (χ4v) is 2.46. The molecule has 0 aromatic rings. The predicted molar refractivity (Wildman–Crippen MR) is 72.0 cm³/mol. The minimum Gasteiger partial charge on any atom is -0.339 e. The first-order chi connectivity index (χ1) is 9.24. The molecular weight excluding hydrogens is 269 g/mol. The lowest BCUT2D eigenvalue weighted by Gasteiger charge is -2.29. The van der Waals surface area contributed by atoms with Crippen LogP contribution < -0.4 is 5.73 Å². The molecule has 0 saturated carbocycles. The summed E-state index contributed by atoms with van der Waals surface area (Å²) in [5.41, 5.74) is 5.12.